The van der Waals surface area contributed by atoms with E-state index in [0.717, 1.165) is 76.4 Å². The third-order valence-corrected chi connectivity index (χ3v) is 11.9. The third kappa shape index (κ3) is 11.5. The summed E-state index contributed by atoms with van der Waals surface area (Å²) in [7, 11) is 0. The highest BCUT2D eigenvalue weighted by Gasteiger charge is 2.38. The zero-order valence-electron chi connectivity index (χ0n) is 34.9. The van der Waals surface area contributed by atoms with Crippen LogP contribution in [0.1, 0.15) is 139 Å². The highest BCUT2D eigenvalue weighted by Crippen LogP contribution is 2.43. The van der Waals surface area contributed by atoms with E-state index in [1.165, 1.54) is 44.9 Å². The topological polar surface area (TPSA) is 103 Å². The fraction of sp³-hybridized carbons (Fsp3) is 0.490. The molecule has 1 aliphatic rings. The average Bonchev–Trinajstić information content (AvgIpc) is 3.15. The van der Waals surface area contributed by atoms with Crippen molar-refractivity contribution in [2.24, 2.45) is 17.8 Å². The molecule has 7 nitrogen and oxygen atoms in total. The molecule has 0 bridgehead atoms. The summed E-state index contributed by atoms with van der Waals surface area (Å²) in [5, 5.41) is 11.0. The van der Waals surface area contributed by atoms with Gasteiger partial charge in [0.05, 0.1) is 0 Å². The molecule has 300 valence electrons. The molecule has 3 aromatic carbocycles. The Kier molecular flexibility index (Phi) is 14.8. The minimum Gasteiger partial charge on any atom is -0.487 e. The van der Waals surface area contributed by atoms with Crippen molar-refractivity contribution in [3.05, 3.63) is 94.7 Å². The van der Waals surface area contributed by atoms with E-state index in [4.69, 9.17) is 15.2 Å². The highest BCUT2D eigenvalue weighted by molar-refractivity contribution is 5.83. The highest BCUT2D eigenvalue weighted by atomic mass is 16.5. The molecule has 0 spiro atoms. The number of hydrogen-bond acceptors (Lipinski definition) is 5. The Morgan fingerprint density at radius 3 is 2.21 bits per heavy atom. The smallest absolute Gasteiger partial charge is 0.381 e. The summed E-state index contributed by atoms with van der Waals surface area (Å²) in [5.74, 6) is 1.94. The predicted octanol–water partition coefficient (Wildman–Crippen LogP) is 11.6. The zero-order valence-corrected chi connectivity index (χ0v) is 34.9. The van der Waals surface area contributed by atoms with Crippen LogP contribution in [0.4, 0.5) is 5.69 Å². The van der Waals surface area contributed by atoms with Crippen LogP contribution in [-0.4, -0.2) is 22.6 Å². The fourth-order valence-electron chi connectivity index (χ4n) is 8.17. The fourth-order valence-corrected chi connectivity index (χ4v) is 8.17. The molecule has 4 atom stereocenters. The lowest BCUT2D eigenvalue weighted by Gasteiger charge is -2.37. The lowest BCUT2D eigenvalue weighted by molar-refractivity contribution is -0.686. The van der Waals surface area contributed by atoms with Crippen molar-refractivity contribution in [2.75, 3.05) is 5.73 Å². The first-order chi connectivity index (χ1) is 26.7. The molecule has 0 radical (unpaired) electrons. The van der Waals surface area contributed by atoms with Crippen LogP contribution in [0.3, 0.4) is 0 Å². The molecule has 0 fully saturated rings. The first-order valence-electron chi connectivity index (χ1n) is 21.0. The summed E-state index contributed by atoms with van der Waals surface area (Å²) >= 11 is 0. The summed E-state index contributed by atoms with van der Waals surface area (Å²) in [6, 6.07) is 19.8. The van der Waals surface area contributed by atoms with E-state index in [2.05, 4.69) is 34.6 Å². The van der Waals surface area contributed by atoms with Crippen molar-refractivity contribution in [1.29, 1.82) is 0 Å². The molecule has 56 heavy (non-hydrogen) atoms. The molecule has 0 saturated heterocycles. The average molecular weight is 762 g/mol. The maximum Gasteiger partial charge on any atom is 0.381 e. The molecule has 0 aliphatic carbocycles. The number of esters is 1. The number of anilines is 1. The molecule has 7 heteroatoms. The van der Waals surface area contributed by atoms with Crippen molar-refractivity contribution >= 4 is 40.7 Å². The molecule has 1 aromatic heterocycles. The van der Waals surface area contributed by atoms with Gasteiger partial charge in [0, 0.05) is 29.3 Å². The number of carboxylic acid groups (broad SMARTS) is 1. The van der Waals surface area contributed by atoms with Gasteiger partial charge in [0.15, 0.2) is 0 Å². The molecule has 5 rings (SSSR count). The van der Waals surface area contributed by atoms with E-state index < -0.39 is 24.4 Å². The summed E-state index contributed by atoms with van der Waals surface area (Å²) in [6.07, 6.45) is 16.4. The Hall–Kier alpha value is -4.65. The third-order valence-electron chi connectivity index (χ3n) is 11.9. The van der Waals surface area contributed by atoms with E-state index in [1.807, 2.05) is 92.7 Å². The van der Waals surface area contributed by atoms with E-state index in [1.54, 1.807) is 4.57 Å². The van der Waals surface area contributed by atoms with Gasteiger partial charge in [-0.2, -0.15) is 4.57 Å². The number of hydrogen-bond donors (Lipinski definition) is 2. The van der Waals surface area contributed by atoms with Gasteiger partial charge in [-0.05, 0) is 123 Å². The molecule has 0 saturated carbocycles. The number of para-hydroxylation sites is 1. The predicted molar refractivity (Wildman–Crippen MR) is 229 cm³/mol. The number of aryl methyl sites for hydroxylation is 1. The Labute approximate surface area is 335 Å². The van der Waals surface area contributed by atoms with E-state index in [9.17, 15) is 14.7 Å². The molecule has 0 amide bonds. The first-order valence-corrected chi connectivity index (χ1v) is 21.0. The molecule has 4 unspecified atom stereocenters. The number of aromatic nitrogens is 1. The van der Waals surface area contributed by atoms with Gasteiger partial charge in [0.2, 0.25) is 11.2 Å². The lowest BCUT2D eigenvalue weighted by Crippen LogP contribution is -2.49. The maximum absolute atomic E-state index is 14.3. The SMILES string of the molecule is Cc1c(OC(=O)C(CC(=O)O)[n+]2c(/C=C/c3ccc(N)cc3)ccc3ccccc32)cc2c(c1C)OC(C)(CCCC(C)CCCC(C)CCCC(C)C)CC2. The van der Waals surface area contributed by atoms with Gasteiger partial charge in [-0.25, -0.2) is 4.79 Å². The minimum atomic E-state index is -1.12. The Bertz CT molecular complexity index is 1980. The second-order valence-electron chi connectivity index (χ2n) is 17.2. The van der Waals surface area contributed by atoms with Crippen molar-refractivity contribution in [3.63, 3.8) is 0 Å². The molecular formula is C49H65N2O5+. The van der Waals surface area contributed by atoms with Gasteiger partial charge < -0.3 is 20.3 Å². The summed E-state index contributed by atoms with van der Waals surface area (Å²) in [5.41, 5.74) is 11.4. The van der Waals surface area contributed by atoms with Gasteiger partial charge in [-0.15, -0.1) is 0 Å². The first kappa shape index (κ1) is 42.5. The quantitative estimate of drug-likeness (QED) is 0.0427. The number of carboxylic acids is 1. The van der Waals surface area contributed by atoms with Gasteiger partial charge >= 0.3 is 11.9 Å². The summed E-state index contributed by atoms with van der Waals surface area (Å²) in [6.45, 7) is 15.7. The van der Waals surface area contributed by atoms with Crippen LogP contribution in [0, 0.1) is 31.6 Å². The summed E-state index contributed by atoms with van der Waals surface area (Å²) < 4.78 is 14.8. The number of benzene rings is 3. The van der Waals surface area contributed by atoms with Crippen molar-refractivity contribution < 1.29 is 28.7 Å². The second kappa shape index (κ2) is 19.5. The van der Waals surface area contributed by atoms with Crippen LogP contribution < -0.4 is 19.8 Å². The Morgan fingerprint density at radius 1 is 0.875 bits per heavy atom. The van der Waals surface area contributed by atoms with Crippen LogP contribution in [0.25, 0.3) is 23.1 Å². The number of nitrogen functional groups attached to an aromatic ring is 1. The van der Waals surface area contributed by atoms with Crippen LogP contribution >= 0.6 is 0 Å². The monoisotopic (exact) mass is 761 g/mol. The molecule has 3 N–H and O–H groups in total. The molecule has 2 heterocycles. The molecule has 4 aromatic rings. The standard InChI is InChI=1S/C49H64N2O5/c1-33(2)13-10-14-34(3)15-11-16-35(4)17-12-29-49(7)30-28-40-31-45(36(5)37(6)47(40)56-49)55-48(54)44(32-46(52)53)51-42(26-22-38-20-24-41(50)25-21-38)27-23-39-18-8-9-19-43(39)51/h8-9,18-27,31,33-35,44,50H,10-17,28-30,32H2,1-7H3,(H,52,53)/p+1. The molecular weight excluding hydrogens is 697 g/mol. The van der Waals surface area contributed by atoms with Gasteiger partial charge in [-0.3, -0.25) is 4.79 Å². The zero-order chi connectivity index (χ0) is 40.4. The second-order valence-corrected chi connectivity index (χ2v) is 17.2. The van der Waals surface area contributed by atoms with Crippen LogP contribution in [-0.2, 0) is 16.0 Å². The molecule has 1 aliphatic heterocycles. The van der Waals surface area contributed by atoms with Gasteiger partial charge in [-0.1, -0.05) is 96.9 Å². The minimum absolute atomic E-state index is 0.249. The Balaban J connectivity index is 1.27. The van der Waals surface area contributed by atoms with E-state index >= 15 is 0 Å². The lowest BCUT2D eigenvalue weighted by atomic mass is 9.85. The number of aliphatic carboxylic acids is 1. The number of nitrogens with zero attached hydrogens (tertiary/aromatic N) is 1. The number of carbonyl (C=O) groups is 2. The largest absolute Gasteiger partial charge is 0.487 e. The van der Waals surface area contributed by atoms with Crippen molar-refractivity contribution in [3.8, 4) is 11.5 Å². The van der Waals surface area contributed by atoms with E-state index in [-0.39, 0.29) is 5.60 Å². The number of nitrogens with two attached hydrogens (primary N) is 1. The number of pyridine rings is 1. The van der Waals surface area contributed by atoms with Crippen LogP contribution in [0.5, 0.6) is 11.5 Å². The maximum atomic E-state index is 14.3. The number of carbonyl (C=O) groups excluding carboxylic acids is 1. The van der Waals surface area contributed by atoms with Crippen LogP contribution in [0.15, 0.2) is 66.7 Å². The Morgan fingerprint density at radius 2 is 1.54 bits per heavy atom. The number of rotatable bonds is 19. The van der Waals surface area contributed by atoms with Gasteiger partial charge in [0.25, 0.3) is 6.04 Å². The summed E-state index contributed by atoms with van der Waals surface area (Å²) in [4.78, 5) is 26.6. The number of ether oxygens (including phenoxy) is 2. The van der Waals surface area contributed by atoms with Crippen molar-refractivity contribution in [2.45, 2.75) is 137 Å². The van der Waals surface area contributed by atoms with Gasteiger partial charge in [0.1, 0.15) is 23.5 Å². The normalized spacial score (nSPS) is 17.1. The van der Waals surface area contributed by atoms with Crippen molar-refractivity contribution in [1.82, 2.24) is 0 Å². The number of fused-ring (bicyclic) bond motifs is 2. The van der Waals surface area contributed by atoms with Crippen LogP contribution in [0.2, 0.25) is 0 Å². The van der Waals surface area contributed by atoms with E-state index in [0.29, 0.717) is 23.0 Å².